The Morgan fingerprint density at radius 3 is 2.86 bits per heavy atom. The summed E-state index contributed by atoms with van der Waals surface area (Å²) in [6.07, 6.45) is 6.34. The maximum absolute atomic E-state index is 10.4. The number of carboxylic acid groups (broad SMARTS) is 1. The smallest absolute Gasteiger partial charge is 0.304 e. The van der Waals surface area contributed by atoms with Gasteiger partial charge in [0.25, 0.3) is 0 Å². The van der Waals surface area contributed by atoms with E-state index in [1.54, 1.807) is 0 Å². The second-order valence-electron chi connectivity index (χ2n) is 5.75. The Bertz CT molecular complexity index is 441. The first-order valence-corrected chi connectivity index (χ1v) is 7.88. The third-order valence-electron chi connectivity index (χ3n) is 3.96. The molecule has 0 bridgehead atoms. The second kappa shape index (κ2) is 8.67. The van der Waals surface area contributed by atoms with Crippen LogP contribution in [0.3, 0.4) is 0 Å². The predicted molar refractivity (Wildman–Crippen MR) is 82.7 cm³/mol. The average Bonchev–Trinajstić information content (AvgIpc) is 2.98. The van der Waals surface area contributed by atoms with Crippen molar-refractivity contribution in [3.63, 3.8) is 0 Å². The summed E-state index contributed by atoms with van der Waals surface area (Å²) < 4.78 is 5.89. The Morgan fingerprint density at radius 2 is 2.10 bits per heavy atom. The zero-order valence-corrected chi connectivity index (χ0v) is 12.5. The van der Waals surface area contributed by atoms with Gasteiger partial charge in [0.15, 0.2) is 0 Å². The van der Waals surface area contributed by atoms with Crippen molar-refractivity contribution in [3.05, 3.63) is 29.8 Å². The fourth-order valence-corrected chi connectivity index (χ4v) is 2.73. The average molecular weight is 291 g/mol. The number of rotatable bonds is 9. The molecule has 0 unspecified atom stereocenters. The number of ether oxygens (including phenoxy) is 1. The molecule has 0 saturated heterocycles. The number of hydrogen-bond acceptors (Lipinski definition) is 3. The molecule has 0 radical (unpaired) electrons. The third-order valence-corrected chi connectivity index (χ3v) is 3.96. The fourth-order valence-electron chi connectivity index (χ4n) is 2.73. The second-order valence-corrected chi connectivity index (χ2v) is 5.75. The SMILES string of the molecule is O=C(O)CCNCCc1cccc(OCC2CCCC2)c1. The van der Waals surface area contributed by atoms with Crippen molar-refractivity contribution in [2.45, 2.75) is 38.5 Å². The number of nitrogens with one attached hydrogen (secondary N) is 1. The lowest BCUT2D eigenvalue weighted by Crippen LogP contribution is -2.20. The zero-order chi connectivity index (χ0) is 14.9. The summed E-state index contributed by atoms with van der Waals surface area (Å²) in [4.78, 5) is 10.4. The van der Waals surface area contributed by atoms with Crippen molar-refractivity contribution in [2.75, 3.05) is 19.7 Å². The molecule has 1 fully saturated rings. The molecule has 0 heterocycles. The van der Waals surface area contributed by atoms with E-state index in [-0.39, 0.29) is 6.42 Å². The maximum atomic E-state index is 10.4. The van der Waals surface area contributed by atoms with Gasteiger partial charge < -0.3 is 15.2 Å². The lowest BCUT2D eigenvalue weighted by Gasteiger charge is -2.12. The van der Waals surface area contributed by atoms with Crippen LogP contribution in [-0.4, -0.2) is 30.8 Å². The molecule has 116 valence electrons. The quantitative estimate of drug-likeness (QED) is 0.687. The minimum atomic E-state index is -0.759. The third kappa shape index (κ3) is 6.17. The highest BCUT2D eigenvalue weighted by Gasteiger charge is 2.15. The van der Waals surface area contributed by atoms with Crippen LogP contribution in [0.4, 0.5) is 0 Å². The first kappa shape index (κ1) is 15.8. The van der Waals surface area contributed by atoms with E-state index in [0.29, 0.717) is 6.54 Å². The highest BCUT2D eigenvalue weighted by molar-refractivity contribution is 5.66. The monoisotopic (exact) mass is 291 g/mol. The molecule has 0 spiro atoms. The lowest BCUT2D eigenvalue weighted by atomic mass is 10.1. The topological polar surface area (TPSA) is 58.6 Å². The predicted octanol–water partition coefficient (Wildman–Crippen LogP) is 2.86. The Labute approximate surface area is 126 Å². The molecule has 4 heteroatoms. The van der Waals surface area contributed by atoms with Gasteiger partial charge in [-0.05, 0) is 49.4 Å². The Kier molecular flexibility index (Phi) is 6.54. The van der Waals surface area contributed by atoms with Crippen molar-refractivity contribution >= 4 is 5.97 Å². The molecule has 0 atom stereocenters. The molecular weight excluding hydrogens is 266 g/mol. The zero-order valence-electron chi connectivity index (χ0n) is 12.5. The molecular formula is C17H25NO3. The van der Waals surface area contributed by atoms with E-state index in [0.717, 1.165) is 31.2 Å². The van der Waals surface area contributed by atoms with Gasteiger partial charge in [-0.25, -0.2) is 0 Å². The van der Waals surface area contributed by atoms with Gasteiger partial charge >= 0.3 is 5.97 Å². The van der Waals surface area contributed by atoms with Crippen LogP contribution >= 0.6 is 0 Å². The van der Waals surface area contributed by atoms with Gasteiger partial charge in [0, 0.05) is 6.54 Å². The van der Waals surface area contributed by atoms with Crippen LogP contribution in [0.15, 0.2) is 24.3 Å². The Morgan fingerprint density at radius 1 is 1.29 bits per heavy atom. The van der Waals surface area contributed by atoms with Crippen molar-refractivity contribution < 1.29 is 14.6 Å². The van der Waals surface area contributed by atoms with Gasteiger partial charge in [-0.3, -0.25) is 4.79 Å². The highest BCUT2D eigenvalue weighted by atomic mass is 16.5. The van der Waals surface area contributed by atoms with Crippen LogP contribution in [0.25, 0.3) is 0 Å². The summed E-state index contributed by atoms with van der Waals surface area (Å²) in [6, 6.07) is 8.21. The van der Waals surface area contributed by atoms with Gasteiger partial charge in [-0.2, -0.15) is 0 Å². The summed E-state index contributed by atoms with van der Waals surface area (Å²) in [6.45, 7) is 2.15. The van der Waals surface area contributed by atoms with Gasteiger partial charge in [-0.15, -0.1) is 0 Å². The van der Waals surface area contributed by atoms with Crippen molar-refractivity contribution in [3.8, 4) is 5.75 Å². The fraction of sp³-hybridized carbons (Fsp3) is 0.588. The van der Waals surface area contributed by atoms with E-state index in [9.17, 15) is 4.79 Å². The molecule has 0 aromatic heterocycles. The van der Waals surface area contributed by atoms with Crippen molar-refractivity contribution in [1.82, 2.24) is 5.32 Å². The van der Waals surface area contributed by atoms with Crippen LogP contribution in [0.1, 0.15) is 37.7 Å². The molecule has 2 rings (SSSR count). The van der Waals surface area contributed by atoms with E-state index >= 15 is 0 Å². The molecule has 0 aliphatic heterocycles. The maximum Gasteiger partial charge on any atom is 0.304 e. The van der Waals surface area contributed by atoms with Crippen LogP contribution in [0.5, 0.6) is 5.75 Å². The summed E-state index contributed by atoms with van der Waals surface area (Å²) in [5.74, 6) is 0.918. The molecule has 1 saturated carbocycles. The van der Waals surface area contributed by atoms with E-state index in [1.807, 2.05) is 12.1 Å². The van der Waals surface area contributed by atoms with Crippen molar-refractivity contribution in [2.24, 2.45) is 5.92 Å². The first-order chi connectivity index (χ1) is 10.2. The standard InChI is InChI=1S/C17H25NO3/c19-17(20)9-11-18-10-8-14-6-3-7-16(12-14)21-13-15-4-1-2-5-15/h3,6-7,12,15,18H,1-2,4-5,8-11,13H2,(H,19,20). The largest absolute Gasteiger partial charge is 0.493 e. The highest BCUT2D eigenvalue weighted by Crippen LogP contribution is 2.25. The number of benzene rings is 1. The molecule has 1 aromatic carbocycles. The number of carboxylic acids is 1. The lowest BCUT2D eigenvalue weighted by molar-refractivity contribution is -0.136. The van der Waals surface area contributed by atoms with E-state index in [2.05, 4.69) is 17.4 Å². The van der Waals surface area contributed by atoms with Crippen molar-refractivity contribution in [1.29, 1.82) is 0 Å². The number of aliphatic carboxylic acids is 1. The molecule has 1 aliphatic carbocycles. The Hall–Kier alpha value is -1.55. The van der Waals surface area contributed by atoms with Gasteiger partial charge in [0.1, 0.15) is 5.75 Å². The summed E-state index contributed by atoms with van der Waals surface area (Å²) in [7, 11) is 0. The van der Waals surface area contributed by atoms with Crippen LogP contribution in [0.2, 0.25) is 0 Å². The Balaban J connectivity index is 1.68. The number of hydrogen-bond donors (Lipinski definition) is 2. The molecule has 0 amide bonds. The number of carbonyl (C=O) groups is 1. The molecule has 1 aliphatic rings. The summed E-state index contributed by atoms with van der Waals surface area (Å²) in [5, 5.41) is 11.7. The minimum Gasteiger partial charge on any atom is -0.493 e. The summed E-state index contributed by atoms with van der Waals surface area (Å²) >= 11 is 0. The minimum absolute atomic E-state index is 0.171. The van der Waals surface area contributed by atoms with Gasteiger partial charge in [-0.1, -0.05) is 25.0 Å². The molecule has 1 aromatic rings. The first-order valence-electron chi connectivity index (χ1n) is 7.88. The van der Waals surface area contributed by atoms with Gasteiger partial charge in [0.05, 0.1) is 13.0 Å². The van der Waals surface area contributed by atoms with Crippen LogP contribution < -0.4 is 10.1 Å². The van der Waals surface area contributed by atoms with E-state index in [1.165, 1.54) is 31.2 Å². The molecule has 21 heavy (non-hydrogen) atoms. The van der Waals surface area contributed by atoms with E-state index in [4.69, 9.17) is 9.84 Å². The van der Waals surface area contributed by atoms with Crippen LogP contribution in [-0.2, 0) is 11.2 Å². The summed E-state index contributed by atoms with van der Waals surface area (Å²) in [5.41, 5.74) is 1.22. The van der Waals surface area contributed by atoms with E-state index < -0.39 is 5.97 Å². The molecule has 2 N–H and O–H groups in total. The molecule has 4 nitrogen and oxygen atoms in total. The van der Waals surface area contributed by atoms with Crippen LogP contribution in [0, 0.1) is 5.92 Å². The normalized spacial score (nSPS) is 15.2. The van der Waals surface area contributed by atoms with Gasteiger partial charge in [0.2, 0.25) is 0 Å².